The standard InChI is InChI=1S/C19H30N2O3/c1-3-11-21(12-4-2)14-19(22)20-16-7-9-17(10-8-16)24-15-18-6-5-13-23-18/h7-10,18H,3-6,11-15H2,1-2H3,(H,20,22). The van der Waals surface area contributed by atoms with E-state index < -0.39 is 0 Å². The first-order valence-electron chi connectivity index (χ1n) is 9.08. The van der Waals surface area contributed by atoms with Crippen molar-refractivity contribution in [2.24, 2.45) is 0 Å². The van der Waals surface area contributed by atoms with E-state index in [0.29, 0.717) is 13.2 Å². The van der Waals surface area contributed by atoms with Gasteiger partial charge in [0.2, 0.25) is 5.91 Å². The van der Waals surface area contributed by atoms with E-state index in [1.165, 1.54) is 0 Å². The van der Waals surface area contributed by atoms with Gasteiger partial charge in [0.15, 0.2) is 0 Å². The van der Waals surface area contributed by atoms with Crippen molar-refractivity contribution in [2.45, 2.75) is 45.6 Å². The summed E-state index contributed by atoms with van der Waals surface area (Å²) in [4.78, 5) is 14.3. The average Bonchev–Trinajstić information content (AvgIpc) is 3.08. The molecule has 0 saturated carbocycles. The predicted molar refractivity (Wildman–Crippen MR) is 96.6 cm³/mol. The highest BCUT2D eigenvalue weighted by Gasteiger charge is 2.16. The van der Waals surface area contributed by atoms with Crippen LogP contribution in [0.4, 0.5) is 5.69 Å². The van der Waals surface area contributed by atoms with Gasteiger partial charge in [-0.15, -0.1) is 0 Å². The van der Waals surface area contributed by atoms with Crippen molar-refractivity contribution in [3.05, 3.63) is 24.3 Å². The Balaban J connectivity index is 1.76. The van der Waals surface area contributed by atoms with E-state index in [4.69, 9.17) is 9.47 Å². The molecule has 0 spiro atoms. The lowest BCUT2D eigenvalue weighted by Gasteiger charge is -2.20. The first-order chi connectivity index (χ1) is 11.7. The molecule has 0 aromatic heterocycles. The van der Waals surface area contributed by atoms with E-state index in [0.717, 1.165) is 56.8 Å². The van der Waals surface area contributed by atoms with Gasteiger partial charge in [-0.2, -0.15) is 0 Å². The fraction of sp³-hybridized carbons (Fsp3) is 0.632. The Labute approximate surface area is 145 Å². The third-order valence-corrected chi connectivity index (χ3v) is 4.04. The van der Waals surface area contributed by atoms with Gasteiger partial charge in [0, 0.05) is 12.3 Å². The van der Waals surface area contributed by atoms with Crippen LogP contribution in [0.2, 0.25) is 0 Å². The summed E-state index contributed by atoms with van der Waals surface area (Å²) < 4.78 is 11.3. The molecule has 1 heterocycles. The fourth-order valence-corrected chi connectivity index (χ4v) is 2.91. The van der Waals surface area contributed by atoms with Gasteiger partial charge >= 0.3 is 0 Å². The van der Waals surface area contributed by atoms with Crippen LogP contribution in [0.15, 0.2) is 24.3 Å². The van der Waals surface area contributed by atoms with Crippen LogP contribution >= 0.6 is 0 Å². The van der Waals surface area contributed by atoms with E-state index in [-0.39, 0.29) is 12.0 Å². The van der Waals surface area contributed by atoms with Crippen LogP contribution in [0.5, 0.6) is 5.75 Å². The van der Waals surface area contributed by atoms with Gasteiger partial charge in [-0.3, -0.25) is 9.69 Å². The lowest BCUT2D eigenvalue weighted by Crippen LogP contribution is -2.34. The molecule has 1 aromatic carbocycles. The third kappa shape index (κ3) is 6.49. The number of benzene rings is 1. The molecule has 1 fully saturated rings. The number of hydrogen-bond acceptors (Lipinski definition) is 4. The molecule has 0 aliphatic carbocycles. The Morgan fingerprint density at radius 1 is 1.25 bits per heavy atom. The Hall–Kier alpha value is -1.59. The minimum absolute atomic E-state index is 0.0323. The molecule has 1 saturated heterocycles. The zero-order chi connectivity index (χ0) is 17.2. The maximum absolute atomic E-state index is 12.2. The minimum Gasteiger partial charge on any atom is -0.491 e. The van der Waals surface area contributed by atoms with Crippen molar-refractivity contribution in [3.8, 4) is 5.75 Å². The summed E-state index contributed by atoms with van der Waals surface area (Å²) in [6, 6.07) is 7.54. The second-order valence-corrected chi connectivity index (χ2v) is 6.29. The smallest absolute Gasteiger partial charge is 0.238 e. The van der Waals surface area contributed by atoms with E-state index in [9.17, 15) is 4.79 Å². The third-order valence-electron chi connectivity index (χ3n) is 4.04. The maximum Gasteiger partial charge on any atom is 0.238 e. The van der Waals surface area contributed by atoms with Gasteiger partial charge in [0.05, 0.1) is 12.6 Å². The van der Waals surface area contributed by atoms with Crippen molar-refractivity contribution < 1.29 is 14.3 Å². The van der Waals surface area contributed by atoms with Crippen LogP contribution in [-0.4, -0.2) is 49.8 Å². The minimum atomic E-state index is 0.0323. The largest absolute Gasteiger partial charge is 0.491 e. The lowest BCUT2D eigenvalue weighted by atomic mass is 10.2. The summed E-state index contributed by atoms with van der Waals surface area (Å²) in [5.74, 6) is 0.840. The summed E-state index contributed by atoms with van der Waals surface area (Å²) in [6.07, 6.45) is 4.52. The molecule has 1 amide bonds. The average molecular weight is 334 g/mol. The Bertz CT molecular complexity index is 478. The molecule has 0 bridgehead atoms. The lowest BCUT2D eigenvalue weighted by molar-refractivity contribution is -0.117. The van der Waals surface area contributed by atoms with Crippen molar-refractivity contribution in [3.63, 3.8) is 0 Å². The van der Waals surface area contributed by atoms with Crippen LogP contribution in [0.25, 0.3) is 0 Å². The van der Waals surface area contributed by atoms with Gasteiger partial charge < -0.3 is 14.8 Å². The molecule has 1 aromatic rings. The van der Waals surface area contributed by atoms with Gasteiger partial charge in [-0.05, 0) is 63.0 Å². The van der Waals surface area contributed by atoms with E-state index in [1.54, 1.807) is 0 Å². The SMILES string of the molecule is CCCN(CCC)CC(=O)Nc1ccc(OCC2CCCO2)cc1. The molecule has 0 radical (unpaired) electrons. The monoisotopic (exact) mass is 334 g/mol. The molecule has 1 N–H and O–H groups in total. The van der Waals surface area contributed by atoms with Gasteiger partial charge in [0.1, 0.15) is 12.4 Å². The number of hydrogen-bond donors (Lipinski definition) is 1. The van der Waals surface area contributed by atoms with Crippen molar-refractivity contribution >= 4 is 11.6 Å². The first-order valence-corrected chi connectivity index (χ1v) is 9.08. The van der Waals surface area contributed by atoms with Crippen molar-refractivity contribution in [1.29, 1.82) is 0 Å². The highest BCUT2D eigenvalue weighted by Crippen LogP contribution is 2.18. The predicted octanol–water partition coefficient (Wildman–Crippen LogP) is 3.30. The summed E-state index contributed by atoms with van der Waals surface area (Å²) >= 11 is 0. The number of amides is 1. The van der Waals surface area contributed by atoms with Crippen molar-refractivity contribution in [2.75, 3.05) is 38.2 Å². The molecule has 1 unspecified atom stereocenters. The van der Waals surface area contributed by atoms with Crippen LogP contribution in [0.3, 0.4) is 0 Å². The number of ether oxygens (including phenoxy) is 2. The van der Waals surface area contributed by atoms with E-state index in [2.05, 4.69) is 24.1 Å². The fourth-order valence-electron chi connectivity index (χ4n) is 2.91. The van der Waals surface area contributed by atoms with Gasteiger partial charge in [-0.1, -0.05) is 13.8 Å². The number of carbonyl (C=O) groups excluding carboxylic acids is 1. The number of anilines is 1. The highest BCUT2D eigenvalue weighted by atomic mass is 16.5. The summed E-state index contributed by atoms with van der Waals surface area (Å²) in [7, 11) is 0. The molecule has 5 nitrogen and oxygen atoms in total. The molecule has 1 aliphatic heterocycles. The quantitative estimate of drug-likeness (QED) is 0.713. The van der Waals surface area contributed by atoms with Gasteiger partial charge in [-0.25, -0.2) is 0 Å². The second-order valence-electron chi connectivity index (χ2n) is 6.29. The topological polar surface area (TPSA) is 50.8 Å². The molecule has 1 atom stereocenters. The first kappa shape index (κ1) is 18.7. The van der Waals surface area contributed by atoms with Crippen LogP contribution in [0.1, 0.15) is 39.5 Å². The number of nitrogens with one attached hydrogen (secondary N) is 1. The van der Waals surface area contributed by atoms with E-state index >= 15 is 0 Å². The molecule has 2 rings (SSSR count). The van der Waals surface area contributed by atoms with E-state index in [1.807, 2.05) is 24.3 Å². The number of rotatable bonds is 10. The van der Waals surface area contributed by atoms with Crippen LogP contribution < -0.4 is 10.1 Å². The highest BCUT2D eigenvalue weighted by molar-refractivity contribution is 5.92. The molecule has 134 valence electrons. The Morgan fingerprint density at radius 3 is 2.54 bits per heavy atom. The van der Waals surface area contributed by atoms with Crippen LogP contribution in [-0.2, 0) is 9.53 Å². The zero-order valence-electron chi connectivity index (χ0n) is 14.9. The number of carbonyl (C=O) groups is 1. The van der Waals surface area contributed by atoms with Gasteiger partial charge in [0.25, 0.3) is 0 Å². The number of nitrogens with zero attached hydrogens (tertiary/aromatic N) is 1. The molecule has 1 aliphatic rings. The second kappa shape index (κ2) is 10.3. The summed E-state index contributed by atoms with van der Waals surface area (Å²) in [5, 5.41) is 2.95. The summed E-state index contributed by atoms with van der Waals surface area (Å²) in [6.45, 7) is 8.06. The Morgan fingerprint density at radius 2 is 1.96 bits per heavy atom. The molecular weight excluding hydrogens is 304 g/mol. The zero-order valence-corrected chi connectivity index (χ0v) is 14.9. The molecular formula is C19H30N2O3. The maximum atomic E-state index is 12.2. The molecule has 24 heavy (non-hydrogen) atoms. The Kier molecular flexibility index (Phi) is 8.05. The normalized spacial score (nSPS) is 17.2. The molecule has 5 heteroatoms. The van der Waals surface area contributed by atoms with Crippen LogP contribution in [0, 0.1) is 0 Å². The summed E-state index contributed by atoms with van der Waals surface area (Å²) in [5.41, 5.74) is 0.803. The van der Waals surface area contributed by atoms with Crippen molar-refractivity contribution in [1.82, 2.24) is 4.90 Å².